The molecule has 0 radical (unpaired) electrons. The van der Waals surface area contributed by atoms with Crippen LogP contribution in [0, 0.1) is 12.7 Å². The van der Waals surface area contributed by atoms with E-state index in [-0.39, 0.29) is 17.8 Å². The molecule has 6 nitrogen and oxygen atoms in total. The van der Waals surface area contributed by atoms with Gasteiger partial charge in [0.05, 0.1) is 5.69 Å². The summed E-state index contributed by atoms with van der Waals surface area (Å²) in [5.41, 5.74) is 4.19. The van der Waals surface area contributed by atoms with E-state index in [0.717, 1.165) is 46.0 Å². The second kappa shape index (κ2) is 9.27. The van der Waals surface area contributed by atoms with Crippen molar-refractivity contribution in [3.8, 4) is 11.1 Å². The number of allylic oxidation sites excluding steroid dienone is 2. The van der Waals surface area contributed by atoms with E-state index in [2.05, 4.69) is 22.4 Å². The van der Waals surface area contributed by atoms with Crippen LogP contribution in [0.1, 0.15) is 18.4 Å². The lowest BCUT2D eigenvalue weighted by Crippen LogP contribution is -2.50. The van der Waals surface area contributed by atoms with E-state index in [0.29, 0.717) is 25.2 Å². The number of aromatic nitrogens is 1. The van der Waals surface area contributed by atoms with Gasteiger partial charge in [0.15, 0.2) is 0 Å². The molecule has 174 valence electrons. The van der Waals surface area contributed by atoms with Gasteiger partial charge in [-0.1, -0.05) is 12.1 Å². The monoisotopic (exact) mass is 457 g/mol. The Kier molecular flexibility index (Phi) is 6.02. The first-order valence-electron chi connectivity index (χ1n) is 11.6. The maximum absolute atomic E-state index is 13.9. The van der Waals surface area contributed by atoms with E-state index in [4.69, 9.17) is 5.84 Å². The lowest BCUT2D eigenvalue weighted by molar-refractivity contribution is -0.128. The number of nitrogens with one attached hydrogen (secondary N) is 1. The van der Waals surface area contributed by atoms with Crippen LogP contribution in [0.3, 0.4) is 0 Å². The summed E-state index contributed by atoms with van der Waals surface area (Å²) in [6.07, 6.45) is 10.7. The molecule has 1 saturated heterocycles. The summed E-state index contributed by atoms with van der Waals surface area (Å²) in [5.74, 6) is 6.58. The number of hydrogen-bond acceptors (Lipinski definition) is 5. The predicted molar refractivity (Wildman–Crippen MR) is 133 cm³/mol. The molecule has 7 heteroatoms. The Bertz CT molecular complexity index is 1290. The van der Waals surface area contributed by atoms with Gasteiger partial charge in [0.25, 0.3) is 5.91 Å². The van der Waals surface area contributed by atoms with Crippen molar-refractivity contribution in [2.45, 2.75) is 25.8 Å². The van der Waals surface area contributed by atoms with Gasteiger partial charge >= 0.3 is 0 Å². The van der Waals surface area contributed by atoms with E-state index in [1.807, 2.05) is 46.6 Å². The number of aryl methyl sites for hydroxylation is 1. The molecule has 0 bridgehead atoms. The average molecular weight is 458 g/mol. The maximum Gasteiger partial charge on any atom is 0.251 e. The molecular formula is C27H28FN5O. The van der Waals surface area contributed by atoms with Crippen molar-refractivity contribution in [3.05, 3.63) is 84.1 Å². The third-order valence-corrected chi connectivity index (χ3v) is 6.73. The Hall–Kier alpha value is -3.71. The van der Waals surface area contributed by atoms with Crippen LogP contribution in [-0.4, -0.2) is 41.5 Å². The SMILES string of the molecule is Cc1cc(-c2cc(N(N)C3CCN(C(=O)C4=CC=CNC4)CC3)c3cnccc3c2)ccc1F. The maximum atomic E-state index is 13.9. The summed E-state index contributed by atoms with van der Waals surface area (Å²) >= 11 is 0. The highest BCUT2D eigenvalue weighted by Gasteiger charge is 2.28. The highest BCUT2D eigenvalue weighted by atomic mass is 19.1. The topological polar surface area (TPSA) is 74.5 Å². The van der Waals surface area contributed by atoms with Gasteiger partial charge in [-0.05, 0) is 84.4 Å². The molecule has 2 aromatic carbocycles. The molecule has 5 rings (SSSR count). The molecular weight excluding hydrogens is 429 g/mol. The quantitative estimate of drug-likeness (QED) is 0.457. The number of halogens is 1. The van der Waals surface area contributed by atoms with Crippen LogP contribution in [0.4, 0.5) is 10.1 Å². The number of anilines is 1. The number of likely N-dealkylation sites (tertiary alicyclic amines) is 1. The van der Waals surface area contributed by atoms with Crippen LogP contribution in [0.25, 0.3) is 21.9 Å². The molecule has 3 aromatic rings. The predicted octanol–water partition coefficient (Wildman–Crippen LogP) is 4.06. The van der Waals surface area contributed by atoms with Gasteiger partial charge in [-0.15, -0.1) is 0 Å². The highest BCUT2D eigenvalue weighted by Crippen LogP contribution is 2.34. The largest absolute Gasteiger partial charge is 0.387 e. The van der Waals surface area contributed by atoms with Crippen molar-refractivity contribution in [2.24, 2.45) is 5.84 Å². The number of carbonyl (C=O) groups excluding carboxylic acids is 1. The number of hydrogen-bond donors (Lipinski definition) is 2. The number of dihydropyridines is 1. The van der Waals surface area contributed by atoms with E-state index in [9.17, 15) is 9.18 Å². The number of carbonyl (C=O) groups is 1. The highest BCUT2D eigenvalue weighted by molar-refractivity contribution is 5.97. The molecule has 1 fully saturated rings. The van der Waals surface area contributed by atoms with E-state index in [1.54, 1.807) is 19.2 Å². The van der Waals surface area contributed by atoms with E-state index < -0.39 is 0 Å². The molecule has 3 N–H and O–H groups in total. The van der Waals surface area contributed by atoms with Crippen LogP contribution in [0.15, 0.2) is 72.7 Å². The minimum Gasteiger partial charge on any atom is -0.387 e. The summed E-state index contributed by atoms with van der Waals surface area (Å²) in [5, 5.41) is 6.92. The average Bonchev–Trinajstić information content (AvgIpc) is 2.89. The van der Waals surface area contributed by atoms with Crippen molar-refractivity contribution in [3.63, 3.8) is 0 Å². The number of rotatable bonds is 4. The zero-order valence-electron chi connectivity index (χ0n) is 19.2. The summed E-state index contributed by atoms with van der Waals surface area (Å²) in [7, 11) is 0. The Morgan fingerprint density at radius 2 is 2.00 bits per heavy atom. The standard InChI is InChI=1S/C27H28FN5O/c1-18-13-19(4-5-25(18)28)22-14-20-6-10-31-17-24(20)26(15-22)33(29)23-7-11-32(12-8-23)27(34)21-3-2-9-30-16-21/h2-6,9-10,13-15,17,23,30H,7-8,11-12,16,29H2,1H3. The van der Waals surface area contributed by atoms with Gasteiger partial charge in [0.2, 0.25) is 0 Å². The molecule has 2 aliphatic rings. The molecule has 0 saturated carbocycles. The number of amides is 1. The first-order valence-corrected chi connectivity index (χ1v) is 11.6. The Morgan fingerprint density at radius 3 is 2.74 bits per heavy atom. The summed E-state index contributed by atoms with van der Waals surface area (Å²) in [4.78, 5) is 19.1. The van der Waals surface area contributed by atoms with Crippen molar-refractivity contribution < 1.29 is 9.18 Å². The molecule has 1 aromatic heterocycles. The van der Waals surface area contributed by atoms with Gasteiger partial charge in [-0.2, -0.15) is 0 Å². The number of nitrogens with zero attached hydrogens (tertiary/aromatic N) is 3. The normalized spacial score (nSPS) is 16.3. The molecule has 1 amide bonds. The summed E-state index contributed by atoms with van der Waals surface area (Å²) in [6.45, 7) is 3.65. The number of fused-ring (bicyclic) bond motifs is 1. The minimum atomic E-state index is -0.216. The number of piperidine rings is 1. The lowest BCUT2D eigenvalue weighted by atomic mass is 9.97. The third-order valence-electron chi connectivity index (χ3n) is 6.73. The molecule has 3 heterocycles. The molecule has 34 heavy (non-hydrogen) atoms. The van der Waals surface area contributed by atoms with Crippen LogP contribution in [-0.2, 0) is 4.79 Å². The molecule has 2 aliphatic heterocycles. The number of nitrogens with two attached hydrogens (primary N) is 1. The van der Waals surface area contributed by atoms with Crippen molar-refractivity contribution in [1.29, 1.82) is 0 Å². The van der Waals surface area contributed by atoms with E-state index >= 15 is 0 Å². The fourth-order valence-electron chi connectivity index (χ4n) is 4.74. The van der Waals surface area contributed by atoms with Crippen LogP contribution >= 0.6 is 0 Å². The van der Waals surface area contributed by atoms with Crippen LogP contribution in [0.2, 0.25) is 0 Å². The zero-order valence-corrected chi connectivity index (χ0v) is 19.2. The lowest BCUT2D eigenvalue weighted by Gasteiger charge is -2.38. The summed E-state index contributed by atoms with van der Waals surface area (Å²) in [6, 6.07) is 11.4. The minimum absolute atomic E-state index is 0.0854. The van der Waals surface area contributed by atoms with Gasteiger partial charge < -0.3 is 15.2 Å². The first kappa shape index (κ1) is 22.1. The Morgan fingerprint density at radius 1 is 1.18 bits per heavy atom. The third kappa shape index (κ3) is 4.26. The second-order valence-electron chi connectivity index (χ2n) is 8.92. The Balaban J connectivity index is 1.40. The second-order valence-corrected chi connectivity index (χ2v) is 8.92. The van der Waals surface area contributed by atoms with Gasteiger partial charge in [0, 0.05) is 49.0 Å². The smallest absolute Gasteiger partial charge is 0.251 e. The molecule has 0 unspecified atom stereocenters. The Labute approximate surface area is 198 Å². The summed E-state index contributed by atoms with van der Waals surface area (Å²) < 4.78 is 13.9. The van der Waals surface area contributed by atoms with Crippen LogP contribution < -0.4 is 16.2 Å². The van der Waals surface area contributed by atoms with Crippen LogP contribution in [0.5, 0.6) is 0 Å². The number of hydrazine groups is 1. The van der Waals surface area contributed by atoms with Crippen molar-refractivity contribution >= 4 is 22.4 Å². The van der Waals surface area contributed by atoms with Gasteiger partial charge in [-0.3, -0.25) is 9.78 Å². The van der Waals surface area contributed by atoms with E-state index in [1.165, 1.54) is 6.07 Å². The first-order chi connectivity index (χ1) is 16.5. The molecule has 0 aliphatic carbocycles. The molecule has 0 atom stereocenters. The van der Waals surface area contributed by atoms with Crippen molar-refractivity contribution in [2.75, 3.05) is 24.6 Å². The van der Waals surface area contributed by atoms with Crippen molar-refractivity contribution in [1.82, 2.24) is 15.2 Å². The molecule has 0 spiro atoms. The number of benzene rings is 2. The number of pyridine rings is 1. The van der Waals surface area contributed by atoms with Gasteiger partial charge in [-0.25, -0.2) is 10.2 Å². The fraction of sp³-hybridized carbons (Fsp3) is 0.259. The fourth-order valence-corrected chi connectivity index (χ4v) is 4.74. The van der Waals surface area contributed by atoms with Gasteiger partial charge in [0.1, 0.15) is 5.82 Å². The zero-order chi connectivity index (χ0) is 23.7.